The van der Waals surface area contributed by atoms with E-state index in [4.69, 9.17) is 5.73 Å². The van der Waals surface area contributed by atoms with Gasteiger partial charge in [0.25, 0.3) is 6.47 Å². The van der Waals surface area contributed by atoms with Crippen molar-refractivity contribution in [3.05, 3.63) is 23.8 Å². The summed E-state index contributed by atoms with van der Waals surface area (Å²) in [6.45, 7) is 9.20. The maximum Gasteiger partial charge on any atom is 0.293 e. The second kappa shape index (κ2) is 14.1. The van der Waals surface area contributed by atoms with E-state index in [2.05, 4.69) is 50.2 Å². The lowest BCUT2D eigenvalue weighted by molar-refractivity contribution is -0.138. The molecule has 10 heteroatoms. The fraction of sp³-hybridized carbons (Fsp3) is 0.643. The van der Waals surface area contributed by atoms with Crippen LogP contribution in [0.25, 0.3) is 10.9 Å². The number of hydrogen-bond acceptors (Lipinski definition) is 7. The van der Waals surface area contributed by atoms with Gasteiger partial charge in [-0.1, -0.05) is 19.9 Å². The van der Waals surface area contributed by atoms with Crippen LogP contribution in [0.4, 0.5) is 5.82 Å². The topological polar surface area (TPSA) is 123 Å². The number of carbonyl (C=O) groups excluding carboxylic acids is 3. The molecule has 210 valence electrons. The molecule has 10 nitrogen and oxygen atoms in total. The number of fused-ring (bicyclic) bond motifs is 1. The molecule has 2 fully saturated rings. The van der Waals surface area contributed by atoms with Crippen molar-refractivity contribution in [1.29, 1.82) is 0 Å². The third-order valence-electron chi connectivity index (χ3n) is 7.38. The number of nitrogens with one attached hydrogen (secondary N) is 1. The number of aryl methyl sites for hydroxylation is 1. The lowest BCUT2D eigenvalue weighted by atomic mass is 9.87. The number of amides is 2. The van der Waals surface area contributed by atoms with E-state index in [-0.39, 0.29) is 18.2 Å². The first kappa shape index (κ1) is 29.4. The molecule has 3 N–H and O–H groups in total. The van der Waals surface area contributed by atoms with Gasteiger partial charge >= 0.3 is 0 Å². The van der Waals surface area contributed by atoms with Crippen molar-refractivity contribution >= 4 is 35.0 Å². The number of likely N-dealkylation sites (tertiary alicyclic amines) is 2. The van der Waals surface area contributed by atoms with Crippen LogP contribution in [-0.4, -0.2) is 84.2 Å². The van der Waals surface area contributed by atoms with Gasteiger partial charge in [0.1, 0.15) is 0 Å². The summed E-state index contributed by atoms with van der Waals surface area (Å²) in [5, 5.41) is 8.82. The second-order valence-electron chi connectivity index (χ2n) is 10.9. The third kappa shape index (κ3) is 8.18. The van der Waals surface area contributed by atoms with E-state index >= 15 is 0 Å². The van der Waals surface area contributed by atoms with Crippen LogP contribution in [0, 0.1) is 11.8 Å². The molecular formula is C28H44N6O4. The molecule has 3 heterocycles. The predicted octanol–water partition coefficient (Wildman–Crippen LogP) is 2.72. The van der Waals surface area contributed by atoms with Crippen LogP contribution in [0.3, 0.4) is 0 Å². The van der Waals surface area contributed by atoms with Crippen LogP contribution >= 0.6 is 0 Å². The first-order valence-corrected chi connectivity index (χ1v) is 13.7. The summed E-state index contributed by atoms with van der Waals surface area (Å²) in [7, 11) is 4.07. The smallest absolute Gasteiger partial charge is 0.293 e. The summed E-state index contributed by atoms with van der Waals surface area (Å²) < 4.78 is 6.29. The highest BCUT2D eigenvalue weighted by molar-refractivity contribution is 5.91. The zero-order chi connectivity index (χ0) is 27.7. The highest BCUT2D eigenvalue weighted by atomic mass is 16.5. The number of nitrogens with two attached hydrogens (primary N) is 1. The van der Waals surface area contributed by atoms with E-state index in [9.17, 15) is 14.4 Å². The Bertz CT molecular complexity index is 1070. The first-order chi connectivity index (χ1) is 18.2. The lowest BCUT2D eigenvalue weighted by Gasteiger charge is -2.36. The van der Waals surface area contributed by atoms with E-state index in [1.807, 2.05) is 25.6 Å². The average Bonchev–Trinajstić information content (AvgIpc) is 3.22. The van der Waals surface area contributed by atoms with Gasteiger partial charge < -0.3 is 25.6 Å². The van der Waals surface area contributed by atoms with Crippen LogP contribution in [0.2, 0.25) is 0 Å². The van der Waals surface area contributed by atoms with Gasteiger partial charge in [0.15, 0.2) is 5.82 Å². The maximum atomic E-state index is 12.9. The molecule has 0 unspecified atom stereocenters. The number of piperidine rings is 2. The molecule has 0 bridgehead atoms. The zero-order valence-electron chi connectivity index (χ0n) is 23.3. The van der Waals surface area contributed by atoms with Crippen molar-refractivity contribution in [2.45, 2.75) is 51.9 Å². The van der Waals surface area contributed by atoms with Gasteiger partial charge in [0, 0.05) is 44.4 Å². The van der Waals surface area contributed by atoms with Crippen molar-refractivity contribution in [3.63, 3.8) is 0 Å². The van der Waals surface area contributed by atoms with E-state index in [1.54, 1.807) is 0 Å². The number of primary amides is 1. The molecule has 2 amide bonds. The number of rotatable bonds is 9. The highest BCUT2D eigenvalue weighted by Gasteiger charge is 2.30. The molecule has 0 saturated carbocycles. The monoisotopic (exact) mass is 528 g/mol. The van der Waals surface area contributed by atoms with Crippen LogP contribution in [0.5, 0.6) is 0 Å². The second-order valence-corrected chi connectivity index (χ2v) is 10.9. The molecule has 0 radical (unpaired) electrons. The summed E-state index contributed by atoms with van der Waals surface area (Å²) >= 11 is 0. The van der Waals surface area contributed by atoms with Crippen molar-refractivity contribution in [2.24, 2.45) is 24.6 Å². The van der Waals surface area contributed by atoms with Gasteiger partial charge in [-0.15, -0.1) is 0 Å². The van der Waals surface area contributed by atoms with Gasteiger partial charge in [0.05, 0.1) is 12.1 Å². The molecule has 2 aliphatic heterocycles. The molecule has 2 aliphatic rings. The normalized spacial score (nSPS) is 17.2. The molecule has 0 atom stereocenters. The van der Waals surface area contributed by atoms with E-state index in [1.165, 1.54) is 5.56 Å². The number of benzene rings is 1. The number of ether oxygens (including phenoxy) is 1. The Morgan fingerprint density at radius 3 is 2.39 bits per heavy atom. The quantitative estimate of drug-likeness (QED) is 0.480. The fourth-order valence-electron chi connectivity index (χ4n) is 5.14. The molecule has 1 aromatic heterocycles. The molecular weight excluding hydrogens is 484 g/mol. The Hall–Kier alpha value is -3.14. The maximum absolute atomic E-state index is 12.9. The number of hydrogen-bond donors (Lipinski definition) is 2. The standard InChI is InChI=1S/C23H34N6O2.C5H10O2/c1-27-11-6-17(7-12-27)23(31)29-13-8-16(9-14-29)18-3-4-19-20(15-18)28(2)26-22(19)25-10-5-21(24)30;1-5(2)3-7-4-6/h3-4,15-17H,5-14H2,1-2H3,(H2,24,30)(H,25,26);4-5H,3H2,1-2H3. The molecule has 2 saturated heterocycles. The predicted molar refractivity (Wildman–Crippen MR) is 149 cm³/mol. The minimum absolute atomic E-state index is 0.207. The van der Waals surface area contributed by atoms with Gasteiger partial charge in [-0.25, -0.2) is 0 Å². The SMILES string of the molecule is CC(C)COC=O.CN1CCC(C(=O)N2CCC(c3ccc4c(NCCC(N)=O)nn(C)c4c3)CC2)CC1. The summed E-state index contributed by atoms with van der Waals surface area (Å²) in [6.07, 6.45) is 4.27. The van der Waals surface area contributed by atoms with Crippen molar-refractivity contribution < 1.29 is 19.1 Å². The van der Waals surface area contributed by atoms with E-state index in [0.717, 1.165) is 68.6 Å². The lowest BCUT2D eigenvalue weighted by Crippen LogP contribution is -2.44. The van der Waals surface area contributed by atoms with Gasteiger partial charge in [-0.05, 0) is 75.4 Å². The summed E-state index contributed by atoms with van der Waals surface area (Å²) in [6, 6.07) is 6.52. The number of anilines is 1. The van der Waals surface area contributed by atoms with Gasteiger partial charge in [0.2, 0.25) is 11.8 Å². The van der Waals surface area contributed by atoms with Crippen LogP contribution in [0.15, 0.2) is 18.2 Å². The number of carbonyl (C=O) groups is 3. The minimum Gasteiger partial charge on any atom is -0.468 e. The van der Waals surface area contributed by atoms with Crippen molar-refractivity contribution in [3.8, 4) is 0 Å². The largest absolute Gasteiger partial charge is 0.468 e. The number of aromatic nitrogens is 2. The Kier molecular flexibility index (Phi) is 10.9. The Labute approximate surface area is 225 Å². The van der Waals surface area contributed by atoms with Gasteiger partial charge in [-0.2, -0.15) is 5.10 Å². The molecule has 4 rings (SSSR count). The van der Waals surface area contributed by atoms with Crippen molar-refractivity contribution in [2.75, 3.05) is 51.7 Å². The fourth-order valence-corrected chi connectivity index (χ4v) is 5.14. The molecule has 0 spiro atoms. The molecule has 38 heavy (non-hydrogen) atoms. The Morgan fingerprint density at radius 1 is 1.13 bits per heavy atom. The summed E-state index contributed by atoms with van der Waals surface area (Å²) in [5.41, 5.74) is 7.61. The highest BCUT2D eigenvalue weighted by Crippen LogP contribution is 2.33. The average molecular weight is 529 g/mol. The number of nitrogens with zero attached hydrogens (tertiary/aromatic N) is 4. The summed E-state index contributed by atoms with van der Waals surface area (Å²) in [4.78, 5) is 37.8. The molecule has 1 aromatic carbocycles. The minimum atomic E-state index is -0.323. The van der Waals surface area contributed by atoms with E-state index < -0.39 is 0 Å². The van der Waals surface area contributed by atoms with Crippen LogP contribution < -0.4 is 11.1 Å². The zero-order valence-corrected chi connectivity index (χ0v) is 23.3. The van der Waals surface area contributed by atoms with Crippen molar-refractivity contribution in [1.82, 2.24) is 19.6 Å². The van der Waals surface area contributed by atoms with E-state index in [0.29, 0.717) is 37.4 Å². The third-order valence-corrected chi connectivity index (χ3v) is 7.38. The molecule has 2 aromatic rings. The van der Waals surface area contributed by atoms with Crippen LogP contribution in [-0.2, 0) is 26.2 Å². The van der Waals surface area contributed by atoms with Crippen LogP contribution in [0.1, 0.15) is 57.4 Å². The Morgan fingerprint density at radius 2 is 1.82 bits per heavy atom. The van der Waals surface area contributed by atoms with Gasteiger partial charge in [-0.3, -0.25) is 19.1 Å². The molecule has 0 aliphatic carbocycles. The summed E-state index contributed by atoms with van der Waals surface area (Å²) in [5.74, 6) is 1.94. The first-order valence-electron chi connectivity index (χ1n) is 13.7. The Balaban J connectivity index is 0.000000505.